The lowest BCUT2D eigenvalue weighted by Gasteiger charge is -2.46. The number of aryl methyl sites for hydroxylation is 2. The van der Waals surface area contributed by atoms with Gasteiger partial charge in [-0.25, -0.2) is 0 Å². The second-order valence-electron chi connectivity index (χ2n) is 5.98. The van der Waals surface area contributed by atoms with Gasteiger partial charge < -0.3 is 15.5 Å². The third kappa shape index (κ3) is 3.10. The molecule has 0 aromatic heterocycles. The molecule has 0 amide bonds. The van der Waals surface area contributed by atoms with Crippen LogP contribution in [0.4, 0.5) is 5.69 Å². The predicted molar refractivity (Wildman–Crippen MR) is 82.8 cm³/mol. The molecular formula is C16H27N3. The number of hydrogen-bond donors (Lipinski definition) is 1. The molecule has 0 bridgehead atoms. The number of nitrogens with zero attached hydrogens (tertiary/aromatic N) is 2. The maximum absolute atomic E-state index is 5.80. The first-order valence-electron chi connectivity index (χ1n) is 7.27. The average Bonchev–Trinajstić information content (AvgIpc) is 2.33. The monoisotopic (exact) mass is 261 g/mol. The van der Waals surface area contributed by atoms with Gasteiger partial charge in [0.2, 0.25) is 0 Å². The molecule has 0 spiro atoms. The Morgan fingerprint density at radius 2 is 1.95 bits per heavy atom. The fourth-order valence-corrected chi connectivity index (χ4v) is 3.20. The minimum absolute atomic E-state index is 0.529. The van der Waals surface area contributed by atoms with Crippen LogP contribution in [0.5, 0.6) is 0 Å². The Morgan fingerprint density at radius 1 is 1.21 bits per heavy atom. The molecule has 0 radical (unpaired) electrons. The number of nitrogens with two attached hydrogens (primary N) is 1. The molecule has 3 nitrogen and oxygen atoms in total. The Kier molecular flexibility index (Phi) is 4.48. The Balaban J connectivity index is 2.29. The highest BCUT2D eigenvalue weighted by molar-refractivity contribution is 5.53. The molecule has 1 aromatic carbocycles. The van der Waals surface area contributed by atoms with E-state index >= 15 is 0 Å². The summed E-state index contributed by atoms with van der Waals surface area (Å²) in [6.07, 6.45) is 1.06. The Morgan fingerprint density at radius 3 is 2.58 bits per heavy atom. The zero-order valence-corrected chi connectivity index (χ0v) is 12.7. The highest BCUT2D eigenvalue weighted by Crippen LogP contribution is 2.27. The summed E-state index contributed by atoms with van der Waals surface area (Å²) in [7, 11) is 2.21. The molecule has 106 valence electrons. The van der Waals surface area contributed by atoms with E-state index in [1.54, 1.807) is 0 Å². The Labute approximate surface area is 117 Å². The van der Waals surface area contributed by atoms with Crippen molar-refractivity contribution in [3.8, 4) is 0 Å². The van der Waals surface area contributed by atoms with Gasteiger partial charge in [0.05, 0.1) is 0 Å². The summed E-state index contributed by atoms with van der Waals surface area (Å²) in [4.78, 5) is 4.99. The van der Waals surface area contributed by atoms with Gasteiger partial charge in [-0.15, -0.1) is 0 Å². The third-order valence-electron chi connectivity index (χ3n) is 4.26. The van der Waals surface area contributed by atoms with Gasteiger partial charge in [-0.2, -0.15) is 0 Å². The molecule has 1 aliphatic heterocycles. The molecule has 2 atom stereocenters. The number of piperazine rings is 1. The first-order valence-corrected chi connectivity index (χ1v) is 7.27. The second kappa shape index (κ2) is 5.93. The summed E-state index contributed by atoms with van der Waals surface area (Å²) in [5.41, 5.74) is 9.88. The SMILES string of the molecule is Cc1ccc(N2C(C)CN(C)CC2CCN)cc1C. The van der Waals surface area contributed by atoms with Crippen molar-refractivity contribution in [1.29, 1.82) is 0 Å². The molecule has 2 unspecified atom stereocenters. The molecule has 3 heteroatoms. The van der Waals surface area contributed by atoms with Crippen LogP contribution in [0.25, 0.3) is 0 Å². The van der Waals surface area contributed by atoms with Gasteiger partial charge in [0.1, 0.15) is 0 Å². The van der Waals surface area contributed by atoms with Crippen molar-refractivity contribution in [1.82, 2.24) is 4.90 Å². The van der Waals surface area contributed by atoms with E-state index in [9.17, 15) is 0 Å². The van der Waals surface area contributed by atoms with E-state index in [1.807, 2.05) is 0 Å². The third-order valence-corrected chi connectivity index (χ3v) is 4.26. The summed E-state index contributed by atoms with van der Waals surface area (Å²) in [5, 5.41) is 0. The van der Waals surface area contributed by atoms with E-state index in [0.29, 0.717) is 12.1 Å². The largest absolute Gasteiger partial charge is 0.363 e. The molecule has 0 aliphatic carbocycles. The lowest BCUT2D eigenvalue weighted by Crippen LogP contribution is -2.57. The van der Waals surface area contributed by atoms with Crippen molar-refractivity contribution in [2.75, 3.05) is 31.6 Å². The van der Waals surface area contributed by atoms with Gasteiger partial charge >= 0.3 is 0 Å². The molecular weight excluding hydrogens is 234 g/mol. The van der Waals surface area contributed by atoms with E-state index < -0.39 is 0 Å². The first-order chi connectivity index (χ1) is 9.02. The fourth-order valence-electron chi connectivity index (χ4n) is 3.20. The van der Waals surface area contributed by atoms with E-state index in [1.165, 1.54) is 16.8 Å². The van der Waals surface area contributed by atoms with Crippen LogP contribution in [0.3, 0.4) is 0 Å². The van der Waals surface area contributed by atoms with E-state index in [4.69, 9.17) is 5.73 Å². The number of anilines is 1. The van der Waals surface area contributed by atoms with Crippen molar-refractivity contribution in [3.05, 3.63) is 29.3 Å². The van der Waals surface area contributed by atoms with Gasteiger partial charge in [-0.1, -0.05) is 6.07 Å². The van der Waals surface area contributed by atoms with Crippen molar-refractivity contribution in [2.45, 2.75) is 39.3 Å². The number of likely N-dealkylation sites (N-methyl/N-ethyl adjacent to an activating group) is 1. The maximum atomic E-state index is 5.80. The van der Waals surface area contributed by atoms with Crippen LogP contribution in [0.1, 0.15) is 24.5 Å². The van der Waals surface area contributed by atoms with E-state index in [2.05, 4.69) is 55.8 Å². The van der Waals surface area contributed by atoms with Crippen molar-refractivity contribution < 1.29 is 0 Å². The molecule has 19 heavy (non-hydrogen) atoms. The molecule has 1 saturated heterocycles. The molecule has 2 rings (SSSR count). The summed E-state index contributed by atoms with van der Waals surface area (Å²) >= 11 is 0. The van der Waals surface area contributed by atoms with E-state index in [-0.39, 0.29) is 0 Å². The van der Waals surface area contributed by atoms with Crippen LogP contribution in [-0.4, -0.2) is 43.7 Å². The highest BCUT2D eigenvalue weighted by atomic mass is 15.3. The second-order valence-corrected chi connectivity index (χ2v) is 5.98. The van der Waals surface area contributed by atoms with Crippen molar-refractivity contribution in [3.63, 3.8) is 0 Å². The number of benzene rings is 1. The number of rotatable bonds is 3. The van der Waals surface area contributed by atoms with Crippen LogP contribution >= 0.6 is 0 Å². The Hall–Kier alpha value is -1.06. The minimum atomic E-state index is 0.529. The fraction of sp³-hybridized carbons (Fsp3) is 0.625. The summed E-state index contributed by atoms with van der Waals surface area (Å²) in [6, 6.07) is 7.88. The standard InChI is InChI=1S/C16H27N3/c1-12-5-6-15(9-13(12)2)19-14(3)10-18(4)11-16(19)7-8-17/h5-6,9,14,16H,7-8,10-11,17H2,1-4H3. The van der Waals surface area contributed by atoms with Crippen molar-refractivity contribution >= 4 is 5.69 Å². The van der Waals surface area contributed by atoms with Crippen molar-refractivity contribution in [2.24, 2.45) is 5.73 Å². The van der Waals surface area contributed by atoms with Crippen LogP contribution in [0, 0.1) is 13.8 Å². The summed E-state index contributed by atoms with van der Waals surface area (Å²) in [6.45, 7) is 9.66. The van der Waals surface area contributed by atoms with Gasteiger partial charge in [0.25, 0.3) is 0 Å². The smallest absolute Gasteiger partial charge is 0.0432 e. The number of hydrogen-bond acceptors (Lipinski definition) is 3. The van der Waals surface area contributed by atoms with Gasteiger partial charge in [-0.3, -0.25) is 0 Å². The maximum Gasteiger partial charge on any atom is 0.0432 e. The van der Waals surface area contributed by atoms with Crippen LogP contribution in [0.2, 0.25) is 0 Å². The minimum Gasteiger partial charge on any atom is -0.363 e. The van der Waals surface area contributed by atoms with Gasteiger partial charge in [0.15, 0.2) is 0 Å². The molecule has 2 N–H and O–H groups in total. The highest BCUT2D eigenvalue weighted by Gasteiger charge is 2.30. The van der Waals surface area contributed by atoms with Gasteiger partial charge in [-0.05, 0) is 64.0 Å². The normalized spacial score (nSPS) is 24.8. The predicted octanol–water partition coefficient (Wildman–Crippen LogP) is 2.16. The molecule has 1 fully saturated rings. The molecule has 1 heterocycles. The lowest BCUT2D eigenvalue weighted by molar-refractivity contribution is 0.227. The molecule has 0 saturated carbocycles. The zero-order valence-electron chi connectivity index (χ0n) is 12.7. The summed E-state index contributed by atoms with van der Waals surface area (Å²) < 4.78 is 0. The lowest BCUT2D eigenvalue weighted by atomic mass is 10.0. The topological polar surface area (TPSA) is 32.5 Å². The van der Waals surface area contributed by atoms with E-state index in [0.717, 1.165) is 26.1 Å². The quantitative estimate of drug-likeness (QED) is 0.905. The summed E-state index contributed by atoms with van der Waals surface area (Å²) in [5.74, 6) is 0. The van der Waals surface area contributed by atoms with Crippen LogP contribution in [-0.2, 0) is 0 Å². The zero-order chi connectivity index (χ0) is 14.0. The molecule has 1 aromatic rings. The molecule has 1 aliphatic rings. The van der Waals surface area contributed by atoms with Crippen LogP contribution < -0.4 is 10.6 Å². The van der Waals surface area contributed by atoms with Gasteiger partial charge in [0, 0.05) is 30.9 Å². The average molecular weight is 261 g/mol. The van der Waals surface area contributed by atoms with Crippen LogP contribution in [0.15, 0.2) is 18.2 Å². The first kappa shape index (κ1) is 14.4. The Bertz CT molecular complexity index is 430.